The number of anilines is 1. The van der Waals surface area contributed by atoms with E-state index >= 15 is 0 Å². The quantitative estimate of drug-likeness (QED) is 0.494. The number of sulfonamides is 1. The summed E-state index contributed by atoms with van der Waals surface area (Å²) < 4.78 is 41.1. The molecule has 6 rings (SSSR count). The number of imidazole rings is 1. The first-order valence-corrected chi connectivity index (χ1v) is 14.3. The molecule has 0 unspecified atom stereocenters. The van der Waals surface area contributed by atoms with Gasteiger partial charge in [0.1, 0.15) is 17.5 Å². The number of fused-ring (bicyclic) bond motifs is 1. The minimum Gasteiger partial charge on any atom is -0.474 e. The van der Waals surface area contributed by atoms with Crippen LogP contribution in [-0.4, -0.2) is 71.5 Å². The summed E-state index contributed by atoms with van der Waals surface area (Å²) >= 11 is 0. The first-order chi connectivity index (χ1) is 18.0. The number of ether oxygens (including phenoxy) is 2. The Kier molecular flexibility index (Phi) is 6.45. The predicted octanol–water partition coefficient (Wildman–Crippen LogP) is 2.45. The third kappa shape index (κ3) is 5.26. The molecule has 3 aliphatic rings. The Morgan fingerprint density at radius 2 is 1.86 bits per heavy atom. The van der Waals surface area contributed by atoms with E-state index in [1.807, 2.05) is 18.6 Å². The van der Waals surface area contributed by atoms with Gasteiger partial charge in [-0.1, -0.05) is 0 Å². The SMILES string of the molecule is O=C(NS(=O)(=O)C1CC1)c1cc2cnc(N3CCOCC3)cc2nc1OC1CCC(n2ccnc2)CC1. The molecule has 0 spiro atoms. The van der Waals surface area contributed by atoms with E-state index in [9.17, 15) is 13.2 Å². The molecule has 0 radical (unpaired) electrons. The molecule has 37 heavy (non-hydrogen) atoms. The Morgan fingerprint density at radius 1 is 1.08 bits per heavy atom. The second kappa shape index (κ2) is 9.90. The van der Waals surface area contributed by atoms with E-state index in [2.05, 4.69) is 24.2 Å². The lowest BCUT2D eigenvalue weighted by molar-refractivity contribution is 0.0960. The van der Waals surface area contributed by atoms with E-state index in [-0.39, 0.29) is 17.5 Å². The number of rotatable bonds is 7. The highest BCUT2D eigenvalue weighted by molar-refractivity contribution is 7.91. The lowest BCUT2D eigenvalue weighted by atomic mass is 9.93. The normalized spacial score (nSPS) is 22.6. The average Bonchev–Trinajstić information content (AvgIpc) is 3.65. The largest absolute Gasteiger partial charge is 0.474 e. The molecular weight excluding hydrogens is 496 g/mol. The van der Waals surface area contributed by atoms with Crippen molar-refractivity contribution >= 4 is 32.7 Å². The van der Waals surface area contributed by atoms with Gasteiger partial charge in [0.2, 0.25) is 15.9 Å². The van der Waals surface area contributed by atoms with Crippen LogP contribution in [0.1, 0.15) is 54.9 Å². The van der Waals surface area contributed by atoms with Crippen LogP contribution in [0.2, 0.25) is 0 Å². The molecule has 0 bridgehead atoms. The second-order valence-corrected chi connectivity index (χ2v) is 11.9. The zero-order chi connectivity index (χ0) is 25.4. The number of nitrogens with zero attached hydrogens (tertiary/aromatic N) is 5. The number of hydrogen-bond acceptors (Lipinski definition) is 9. The van der Waals surface area contributed by atoms with Crippen LogP contribution in [-0.2, 0) is 14.8 Å². The number of hydrogen-bond donors (Lipinski definition) is 1. The maximum absolute atomic E-state index is 13.2. The molecule has 2 saturated carbocycles. The van der Waals surface area contributed by atoms with Crippen molar-refractivity contribution in [2.75, 3.05) is 31.2 Å². The van der Waals surface area contributed by atoms with E-state index in [1.165, 1.54) is 0 Å². The number of carbonyl (C=O) groups is 1. The molecule has 1 amide bonds. The summed E-state index contributed by atoms with van der Waals surface area (Å²) in [5.41, 5.74) is 0.745. The Labute approximate surface area is 215 Å². The maximum Gasteiger partial charge on any atom is 0.270 e. The fourth-order valence-electron chi connectivity index (χ4n) is 5.01. The van der Waals surface area contributed by atoms with Crippen LogP contribution in [0, 0.1) is 0 Å². The molecule has 196 valence electrons. The molecule has 3 aromatic rings. The van der Waals surface area contributed by atoms with Crippen molar-refractivity contribution in [1.29, 1.82) is 0 Å². The molecule has 4 heterocycles. The highest BCUT2D eigenvalue weighted by Gasteiger charge is 2.37. The molecular formula is C25H30N6O5S. The van der Waals surface area contributed by atoms with Crippen molar-refractivity contribution in [3.63, 3.8) is 0 Å². The summed E-state index contributed by atoms with van der Waals surface area (Å²) in [5, 5.41) is 0.132. The Hall–Kier alpha value is -3.25. The van der Waals surface area contributed by atoms with Crippen LogP contribution < -0.4 is 14.4 Å². The van der Waals surface area contributed by atoms with Gasteiger partial charge in [0.05, 0.1) is 30.3 Å². The van der Waals surface area contributed by atoms with Crippen molar-refractivity contribution < 1.29 is 22.7 Å². The van der Waals surface area contributed by atoms with Crippen LogP contribution >= 0.6 is 0 Å². The Bertz CT molecular complexity index is 1380. The second-order valence-electron chi connectivity index (χ2n) is 9.91. The smallest absolute Gasteiger partial charge is 0.270 e. The van der Waals surface area contributed by atoms with E-state index in [1.54, 1.807) is 18.5 Å². The summed E-state index contributed by atoms with van der Waals surface area (Å²) in [7, 11) is -3.72. The van der Waals surface area contributed by atoms with Crippen molar-refractivity contribution in [2.45, 2.75) is 55.9 Å². The first kappa shape index (κ1) is 24.1. The Balaban J connectivity index is 1.28. The first-order valence-electron chi connectivity index (χ1n) is 12.8. The zero-order valence-electron chi connectivity index (χ0n) is 20.5. The monoisotopic (exact) mass is 526 g/mol. The molecule has 3 fully saturated rings. The van der Waals surface area contributed by atoms with Crippen LogP contribution in [0.3, 0.4) is 0 Å². The summed E-state index contributed by atoms with van der Waals surface area (Å²) in [6.07, 6.45) is 11.7. The van der Waals surface area contributed by atoms with Gasteiger partial charge in [-0.2, -0.15) is 0 Å². The molecule has 0 atom stereocenters. The van der Waals surface area contributed by atoms with E-state index in [0.717, 1.165) is 44.6 Å². The maximum atomic E-state index is 13.2. The van der Waals surface area contributed by atoms with Crippen molar-refractivity contribution in [2.24, 2.45) is 0 Å². The highest BCUT2D eigenvalue weighted by Crippen LogP contribution is 2.33. The number of morpholine rings is 1. The molecule has 1 aliphatic heterocycles. The van der Waals surface area contributed by atoms with Gasteiger partial charge >= 0.3 is 0 Å². The molecule has 12 heteroatoms. The van der Waals surface area contributed by atoms with Crippen molar-refractivity contribution in [3.05, 3.63) is 42.6 Å². The number of aromatic nitrogens is 4. The third-order valence-corrected chi connectivity index (χ3v) is 9.12. The third-order valence-electron chi connectivity index (χ3n) is 7.30. The summed E-state index contributed by atoms with van der Waals surface area (Å²) in [5.74, 6) is 0.213. The molecule has 11 nitrogen and oxygen atoms in total. The molecule has 0 aromatic carbocycles. The fraction of sp³-hybridized carbons (Fsp3) is 0.520. The van der Waals surface area contributed by atoms with Crippen molar-refractivity contribution in [3.8, 4) is 5.88 Å². The van der Waals surface area contributed by atoms with Crippen LogP contribution in [0.5, 0.6) is 5.88 Å². The molecule has 3 aromatic heterocycles. The van der Waals surface area contributed by atoms with Gasteiger partial charge in [-0.05, 0) is 44.6 Å². The Morgan fingerprint density at radius 3 is 2.57 bits per heavy atom. The van der Waals surface area contributed by atoms with E-state index < -0.39 is 21.2 Å². The standard InChI is InChI=1S/C25H30N6O5S/c32-24(29-37(33,34)20-5-6-20)21-13-17-15-27-23(30-9-11-35-12-10-30)14-22(17)28-25(21)36-19-3-1-18(2-4-19)31-8-7-26-16-31/h7-8,13-16,18-20H,1-6,9-12H2,(H,29,32). The van der Waals surface area contributed by atoms with E-state index in [0.29, 0.717) is 43.0 Å². The van der Waals surface area contributed by atoms with Gasteiger partial charge < -0.3 is 18.9 Å². The zero-order valence-corrected chi connectivity index (χ0v) is 21.3. The van der Waals surface area contributed by atoms with E-state index in [4.69, 9.17) is 14.5 Å². The predicted molar refractivity (Wildman–Crippen MR) is 136 cm³/mol. The van der Waals surface area contributed by atoms with Crippen molar-refractivity contribution in [1.82, 2.24) is 24.2 Å². The topological polar surface area (TPSA) is 129 Å². The summed E-state index contributed by atoms with van der Waals surface area (Å²) in [4.78, 5) is 28.7. The fourth-order valence-corrected chi connectivity index (χ4v) is 6.30. The van der Waals surface area contributed by atoms with Crippen LogP contribution in [0.25, 0.3) is 10.9 Å². The van der Waals surface area contributed by atoms with Gasteiger partial charge in [0, 0.05) is 49.2 Å². The van der Waals surface area contributed by atoms with Gasteiger partial charge in [0.15, 0.2) is 0 Å². The number of amides is 1. The molecule has 1 saturated heterocycles. The van der Waals surface area contributed by atoms with Gasteiger partial charge in [0.25, 0.3) is 5.91 Å². The van der Waals surface area contributed by atoms with Gasteiger partial charge in [-0.25, -0.2) is 28.1 Å². The average molecular weight is 527 g/mol. The number of pyridine rings is 2. The lowest BCUT2D eigenvalue weighted by Crippen LogP contribution is -2.36. The van der Waals surface area contributed by atoms with Gasteiger partial charge in [-0.3, -0.25) is 4.79 Å². The highest BCUT2D eigenvalue weighted by atomic mass is 32.2. The lowest BCUT2D eigenvalue weighted by Gasteiger charge is -2.30. The summed E-state index contributed by atoms with van der Waals surface area (Å²) in [6.45, 7) is 2.75. The molecule has 2 aliphatic carbocycles. The van der Waals surface area contributed by atoms with Crippen LogP contribution in [0.15, 0.2) is 37.1 Å². The van der Waals surface area contributed by atoms with Crippen LogP contribution in [0.4, 0.5) is 5.82 Å². The molecule has 1 N–H and O–H groups in total. The minimum absolute atomic E-state index is 0.106. The number of nitrogens with one attached hydrogen (secondary N) is 1. The van der Waals surface area contributed by atoms with Gasteiger partial charge in [-0.15, -0.1) is 0 Å². The summed E-state index contributed by atoms with van der Waals surface area (Å²) in [6, 6.07) is 3.87. The minimum atomic E-state index is -3.72. The number of carbonyl (C=O) groups excluding carboxylic acids is 1.